The Labute approximate surface area is 197 Å². The van der Waals surface area contributed by atoms with Crippen LogP contribution in [0.2, 0.25) is 0 Å². The molecule has 13 heteroatoms. The number of tetrazole rings is 1. The lowest BCUT2D eigenvalue weighted by Crippen LogP contribution is -2.38. The summed E-state index contributed by atoms with van der Waals surface area (Å²) in [6.07, 6.45) is 5.51. The molecule has 1 amide bonds. The number of hydrogen-bond acceptors (Lipinski definition) is 7. The molecule has 1 aliphatic heterocycles. The fourth-order valence-corrected chi connectivity index (χ4v) is 4.14. The summed E-state index contributed by atoms with van der Waals surface area (Å²) in [6, 6.07) is 4.61. The van der Waals surface area contributed by atoms with Gasteiger partial charge in [-0.2, -0.15) is 9.78 Å². The largest absolute Gasteiger partial charge is 0.465 e. The summed E-state index contributed by atoms with van der Waals surface area (Å²) in [5, 5.41) is 25.0. The topological polar surface area (TPSA) is 141 Å². The van der Waals surface area contributed by atoms with Gasteiger partial charge in [-0.05, 0) is 47.9 Å². The number of anilines is 1. The highest BCUT2D eigenvalue weighted by molar-refractivity contribution is 5.76. The highest BCUT2D eigenvalue weighted by Gasteiger charge is 2.25. The molecule has 5 rings (SSSR count). The molecular weight excluding hydrogens is 460 g/mol. The minimum absolute atomic E-state index is 0.0762. The summed E-state index contributed by atoms with van der Waals surface area (Å²) in [5.41, 5.74) is 7.88. The number of hydrogen-bond donors (Lipinski definition) is 2. The van der Waals surface area contributed by atoms with E-state index in [0.29, 0.717) is 37.1 Å². The molecule has 4 heterocycles. The molecule has 1 saturated heterocycles. The molecule has 0 radical (unpaired) electrons. The lowest BCUT2D eigenvalue weighted by molar-refractivity contribution is 0.124. The van der Waals surface area contributed by atoms with E-state index in [4.69, 9.17) is 10.8 Å². The maximum absolute atomic E-state index is 14.6. The Morgan fingerprint density at radius 1 is 1.14 bits per heavy atom. The number of rotatable bonds is 4. The zero-order valence-corrected chi connectivity index (χ0v) is 18.6. The Morgan fingerprint density at radius 2 is 1.91 bits per heavy atom. The number of carbonyl (C=O) groups is 1. The van der Waals surface area contributed by atoms with E-state index < -0.39 is 17.7 Å². The molecule has 0 atom stereocenters. The van der Waals surface area contributed by atoms with Gasteiger partial charge in [0.1, 0.15) is 11.5 Å². The molecule has 0 saturated carbocycles. The number of amides is 1. The van der Waals surface area contributed by atoms with Crippen molar-refractivity contribution in [1.82, 2.24) is 39.9 Å². The molecule has 1 aliphatic rings. The molecule has 1 aromatic carbocycles. The smallest absolute Gasteiger partial charge is 0.407 e. The van der Waals surface area contributed by atoms with Gasteiger partial charge in [0.05, 0.1) is 17.8 Å². The molecule has 4 aromatic rings. The molecule has 0 aliphatic carbocycles. The van der Waals surface area contributed by atoms with Crippen molar-refractivity contribution < 1.29 is 18.7 Å². The highest BCUT2D eigenvalue weighted by atomic mass is 19.2. The summed E-state index contributed by atoms with van der Waals surface area (Å²) in [6.45, 7) is 2.35. The fourth-order valence-electron chi connectivity index (χ4n) is 4.14. The predicted molar refractivity (Wildman–Crippen MR) is 121 cm³/mol. The first-order valence-electron chi connectivity index (χ1n) is 10.8. The average molecular weight is 481 g/mol. The molecule has 180 valence electrons. The number of nitrogens with two attached hydrogens (primary N) is 1. The zero-order chi connectivity index (χ0) is 24.7. The molecule has 0 spiro atoms. The van der Waals surface area contributed by atoms with Crippen molar-refractivity contribution in [2.75, 3.05) is 18.8 Å². The van der Waals surface area contributed by atoms with Crippen LogP contribution in [0.4, 0.5) is 19.4 Å². The maximum atomic E-state index is 14.6. The molecule has 3 aromatic heterocycles. The third kappa shape index (κ3) is 4.05. The summed E-state index contributed by atoms with van der Waals surface area (Å²) < 4.78 is 31.7. The molecule has 3 N–H and O–H groups in total. The third-order valence-electron chi connectivity index (χ3n) is 6.16. The maximum Gasteiger partial charge on any atom is 0.407 e. The normalized spacial score (nSPS) is 14.4. The summed E-state index contributed by atoms with van der Waals surface area (Å²) >= 11 is 0. The second-order valence-electron chi connectivity index (χ2n) is 8.31. The lowest BCUT2D eigenvalue weighted by atomic mass is 10.1. The number of nitrogen functional groups attached to an aromatic ring is 1. The minimum Gasteiger partial charge on any atom is -0.465 e. The van der Waals surface area contributed by atoms with Crippen molar-refractivity contribution in [3.8, 4) is 28.2 Å². The van der Waals surface area contributed by atoms with Gasteiger partial charge in [-0.3, -0.25) is 4.68 Å². The van der Waals surface area contributed by atoms with Gasteiger partial charge < -0.3 is 15.7 Å². The van der Waals surface area contributed by atoms with E-state index in [1.165, 1.54) is 24.0 Å². The Morgan fingerprint density at radius 3 is 2.66 bits per heavy atom. The number of pyridine rings is 1. The van der Waals surface area contributed by atoms with Gasteiger partial charge >= 0.3 is 6.09 Å². The van der Waals surface area contributed by atoms with E-state index in [1.54, 1.807) is 18.5 Å². The molecule has 0 unspecified atom stereocenters. The first-order chi connectivity index (χ1) is 16.8. The summed E-state index contributed by atoms with van der Waals surface area (Å²) in [7, 11) is 0. The van der Waals surface area contributed by atoms with E-state index in [2.05, 4.69) is 25.6 Å². The Kier molecular flexibility index (Phi) is 5.59. The van der Waals surface area contributed by atoms with Crippen molar-refractivity contribution in [2.24, 2.45) is 0 Å². The number of halogens is 2. The highest BCUT2D eigenvalue weighted by Crippen LogP contribution is 2.31. The van der Waals surface area contributed by atoms with E-state index in [1.807, 2.05) is 10.9 Å². The number of aromatic nitrogens is 7. The number of aryl methyl sites for hydroxylation is 1. The Balaban J connectivity index is 1.46. The first kappa shape index (κ1) is 22.4. The second kappa shape index (κ2) is 8.74. The number of nitrogens with zero attached hydrogens (tertiary/aromatic N) is 8. The average Bonchev–Trinajstić information content (AvgIpc) is 3.54. The number of piperidine rings is 1. The van der Waals surface area contributed by atoms with Gasteiger partial charge in [-0.15, -0.1) is 5.10 Å². The fraction of sp³-hybridized carbons (Fsp3) is 0.273. The van der Waals surface area contributed by atoms with Gasteiger partial charge in [0.25, 0.3) is 0 Å². The van der Waals surface area contributed by atoms with Crippen LogP contribution in [0.5, 0.6) is 0 Å². The quantitative estimate of drug-likeness (QED) is 0.453. The van der Waals surface area contributed by atoms with Crippen molar-refractivity contribution in [3.63, 3.8) is 0 Å². The van der Waals surface area contributed by atoms with E-state index >= 15 is 0 Å². The van der Waals surface area contributed by atoms with Crippen LogP contribution in [-0.2, 0) is 0 Å². The van der Waals surface area contributed by atoms with E-state index in [0.717, 1.165) is 10.2 Å². The molecular formula is C22H21F2N9O2. The third-order valence-corrected chi connectivity index (χ3v) is 6.16. The van der Waals surface area contributed by atoms with Crippen LogP contribution in [0.1, 0.15) is 24.4 Å². The molecule has 1 fully saturated rings. The van der Waals surface area contributed by atoms with Crippen molar-refractivity contribution in [1.29, 1.82) is 0 Å². The summed E-state index contributed by atoms with van der Waals surface area (Å²) in [5.74, 6) is -1.83. The van der Waals surface area contributed by atoms with Crippen LogP contribution in [-0.4, -0.2) is 64.2 Å². The minimum atomic E-state index is -1.07. The van der Waals surface area contributed by atoms with Crippen molar-refractivity contribution in [3.05, 3.63) is 54.0 Å². The molecule has 11 nitrogen and oxygen atoms in total. The molecule has 0 bridgehead atoms. The van der Waals surface area contributed by atoms with Crippen LogP contribution in [0.25, 0.3) is 28.2 Å². The van der Waals surface area contributed by atoms with Crippen LogP contribution in [0.15, 0.2) is 36.8 Å². The second-order valence-corrected chi connectivity index (χ2v) is 8.31. The Hall–Kier alpha value is -4.42. The summed E-state index contributed by atoms with van der Waals surface area (Å²) in [4.78, 5) is 16.8. The monoisotopic (exact) mass is 481 g/mol. The number of likely N-dealkylation sites (tertiary alicyclic amines) is 1. The first-order valence-corrected chi connectivity index (χ1v) is 10.8. The van der Waals surface area contributed by atoms with Crippen molar-refractivity contribution >= 4 is 11.9 Å². The van der Waals surface area contributed by atoms with Crippen LogP contribution >= 0.6 is 0 Å². The van der Waals surface area contributed by atoms with Crippen molar-refractivity contribution in [2.45, 2.75) is 25.8 Å². The van der Waals surface area contributed by atoms with Gasteiger partial charge in [0.2, 0.25) is 0 Å². The van der Waals surface area contributed by atoms with Gasteiger partial charge in [0.15, 0.2) is 17.5 Å². The van der Waals surface area contributed by atoms with Crippen LogP contribution in [0.3, 0.4) is 0 Å². The zero-order valence-electron chi connectivity index (χ0n) is 18.6. The SMILES string of the molecule is Cc1ccc(-n2nnnc2-c2cc(-c3cnn(C4CCN(C(=O)O)CC4)c3)cnc2N)c(F)c1F. The Bertz CT molecular complexity index is 1410. The van der Waals surface area contributed by atoms with Crippen LogP contribution < -0.4 is 5.73 Å². The van der Waals surface area contributed by atoms with Gasteiger partial charge in [-0.1, -0.05) is 6.07 Å². The number of benzene rings is 1. The number of carboxylic acid groups (broad SMARTS) is 1. The predicted octanol–water partition coefficient (Wildman–Crippen LogP) is 3.07. The van der Waals surface area contributed by atoms with Crippen LogP contribution in [0, 0.1) is 18.6 Å². The lowest BCUT2D eigenvalue weighted by Gasteiger charge is -2.30. The van der Waals surface area contributed by atoms with E-state index in [-0.39, 0.29) is 28.9 Å². The van der Waals surface area contributed by atoms with Gasteiger partial charge in [0, 0.05) is 36.6 Å². The van der Waals surface area contributed by atoms with E-state index in [9.17, 15) is 13.6 Å². The molecule has 35 heavy (non-hydrogen) atoms. The standard InChI is InChI=1S/C22H21F2N9O2/c1-12-2-3-17(19(24)18(12)23)33-21(28-29-30-33)16-8-13(9-26-20(16)25)14-10-27-32(11-14)15-4-6-31(7-5-15)22(34)35/h2-3,8-11,15H,4-7H2,1H3,(H2,25,26)(H,34,35). The van der Waals surface area contributed by atoms with Gasteiger partial charge in [-0.25, -0.2) is 18.6 Å².